The smallest absolute Gasteiger partial charge is 0.108 e. The lowest BCUT2D eigenvalue weighted by Crippen LogP contribution is -2.46. The summed E-state index contributed by atoms with van der Waals surface area (Å²) >= 11 is 6.15. The second-order valence-corrected chi connectivity index (χ2v) is 8.12. The van der Waals surface area contributed by atoms with Crippen LogP contribution in [-0.2, 0) is 28.9 Å². The summed E-state index contributed by atoms with van der Waals surface area (Å²) in [6.07, 6.45) is 3.89. The number of fused-ring (bicyclic) bond motifs is 1. The fraction of sp³-hybridized carbons (Fsp3) is 0.435. The average Bonchev–Trinajstić information content (AvgIpc) is 2.71. The van der Waals surface area contributed by atoms with E-state index in [1.165, 1.54) is 16.8 Å². The second-order valence-electron chi connectivity index (χ2n) is 7.68. The van der Waals surface area contributed by atoms with Crippen molar-refractivity contribution < 1.29 is 9.47 Å². The topological polar surface area (TPSA) is 42.8 Å². The van der Waals surface area contributed by atoms with Crippen LogP contribution in [0.4, 0.5) is 5.69 Å². The van der Waals surface area contributed by atoms with Gasteiger partial charge in [0.05, 0.1) is 13.2 Å². The Morgan fingerprint density at radius 2 is 2.00 bits per heavy atom. The van der Waals surface area contributed by atoms with Gasteiger partial charge >= 0.3 is 0 Å². The number of ether oxygens (including phenoxy) is 2. The summed E-state index contributed by atoms with van der Waals surface area (Å²) in [7, 11) is 1.75. The predicted octanol–water partition coefficient (Wildman–Crippen LogP) is 4.89. The summed E-state index contributed by atoms with van der Waals surface area (Å²) in [6, 6.07) is 14.5. The van der Waals surface area contributed by atoms with Crippen LogP contribution in [-0.4, -0.2) is 32.8 Å². The first kappa shape index (κ1) is 19.4. The van der Waals surface area contributed by atoms with E-state index in [-0.39, 0.29) is 5.41 Å². The maximum Gasteiger partial charge on any atom is 0.108 e. The molecule has 0 atom stereocenters. The Labute approximate surface area is 171 Å². The van der Waals surface area contributed by atoms with Crippen molar-refractivity contribution in [1.82, 2.24) is 0 Å². The van der Waals surface area contributed by atoms with Crippen LogP contribution in [0, 0.1) is 5.41 Å². The molecule has 1 fully saturated rings. The number of aliphatic imine (C=N–C) groups is 1. The number of rotatable bonds is 5. The molecule has 1 N–H and O–H groups in total. The van der Waals surface area contributed by atoms with Crippen molar-refractivity contribution >= 4 is 23.1 Å². The molecule has 2 aromatic carbocycles. The van der Waals surface area contributed by atoms with Crippen LogP contribution < -0.4 is 5.32 Å². The number of benzene rings is 2. The lowest BCUT2D eigenvalue weighted by atomic mass is 9.71. The number of hydrogen-bond donors (Lipinski definition) is 1. The summed E-state index contributed by atoms with van der Waals surface area (Å²) in [4.78, 5) is 5.05. The van der Waals surface area contributed by atoms with Gasteiger partial charge < -0.3 is 14.8 Å². The molecule has 2 aromatic rings. The largest absolute Gasteiger partial charge is 0.384 e. The highest BCUT2D eigenvalue weighted by Gasteiger charge is 2.42. The van der Waals surface area contributed by atoms with Crippen molar-refractivity contribution in [2.45, 2.75) is 32.2 Å². The van der Waals surface area contributed by atoms with Gasteiger partial charge in [0, 0.05) is 36.4 Å². The van der Waals surface area contributed by atoms with Crippen molar-refractivity contribution in [3.05, 3.63) is 64.2 Å². The van der Waals surface area contributed by atoms with E-state index in [0.717, 1.165) is 55.3 Å². The zero-order valence-electron chi connectivity index (χ0n) is 16.3. The van der Waals surface area contributed by atoms with Gasteiger partial charge in [-0.25, -0.2) is 0 Å². The van der Waals surface area contributed by atoms with E-state index < -0.39 is 0 Å². The van der Waals surface area contributed by atoms with E-state index in [2.05, 4.69) is 29.6 Å². The number of hydrogen-bond acceptors (Lipinski definition) is 3. The maximum absolute atomic E-state index is 6.15. The minimum absolute atomic E-state index is 0.0315. The number of amidine groups is 1. The minimum Gasteiger partial charge on any atom is -0.384 e. The molecule has 5 heteroatoms. The highest BCUT2D eigenvalue weighted by atomic mass is 35.5. The minimum atomic E-state index is 0.0315. The molecule has 0 aliphatic carbocycles. The Bertz CT molecular complexity index is 859. The first-order chi connectivity index (χ1) is 13.7. The Hall–Kier alpha value is -1.88. The molecule has 0 saturated carbocycles. The van der Waals surface area contributed by atoms with Crippen molar-refractivity contribution in [2.24, 2.45) is 10.4 Å². The Morgan fingerprint density at radius 3 is 2.79 bits per heavy atom. The number of methoxy groups -OCH3 is 1. The SMILES string of the molecule is COCCc1cccc2c1NC(=NCc1cccc(Cl)c1)C1(CCOCC1)C2. The monoisotopic (exact) mass is 398 g/mol. The molecular formula is C23H27ClN2O2. The van der Waals surface area contributed by atoms with Gasteiger partial charge in [0.15, 0.2) is 0 Å². The van der Waals surface area contributed by atoms with Crippen LogP contribution in [0.15, 0.2) is 47.5 Å². The zero-order valence-corrected chi connectivity index (χ0v) is 17.1. The number of nitrogens with one attached hydrogen (secondary N) is 1. The third-order valence-electron chi connectivity index (χ3n) is 5.85. The summed E-state index contributed by atoms with van der Waals surface area (Å²) in [6.45, 7) is 2.92. The van der Waals surface area contributed by atoms with Gasteiger partial charge in [0.2, 0.25) is 0 Å². The van der Waals surface area contributed by atoms with Crippen molar-refractivity contribution in [1.29, 1.82) is 0 Å². The van der Waals surface area contributed by atoms with E-state index in [1.807, 2.05) is 18.2 Å². The highest BCUT2D eigenvalue weighted by Crippen LogP contribution is 2.43. The number of para-hydroxylation sites is 1. The molecule has 0 aromatic heterocycles. The molecule has 0 radical (unpaired) electrons. The highest BCUT2D eigenvalue weighted by molar-refractivity contribution is 6.30. The molecule has 148 valence electrons. The van der Waals surface area contributed by atoms with Crippen LogP contribution in [0.1, 0.15) is 29.5 Å². The Morgan fingerprint density at radius 1 is 1.18 bits per heavy atom. The lowest BCUT2D eigenvalue weighted by molar-refractivity contribution is 0.0448. The van der Waals surface area contributed by atoms with Crippen molar-refractivity contribution in [2.75, 3.05) is 32.2 Å². The van der Waals surface area contributed by atoms with Gasteiger partial charge in [0.1, 0.15) is 5.84 Å². The lowest BCUT2D eigenvalue weighted by Gasteiger charge is -2.43. The summed E-state index contributed by atoms with van der Waals surface area (Å²) < 4.78 is 11.0. The normalized spacial score (nSPS) is 19.4. The van der Waals surface area contributed by atoms with Crippen LogP contribution in [0.3, 0.4) is 0 Å². The van der Waals surface area contributed by atoms with E-state index in [1.54, 1.807) is 7.11 Å². The molecular weight excluding hydrogens is 372 g/mol. The average molecular weight is 399 g/mol. The molecule has 2 aliphatic heterocycles. The zero-order chi connectivity index (χ0) is 19.4. The van der Waals surface area contributed by atoms with Crippen LogP contribution in [0.25, 0.3) is 0 Å². The van der Waals surface area contributed by atoms with Gasteiger partial charge in [0.25, 0.3) is 0 Å². The van der Waals surface area contributed by atoms with Crippen LogP contribution in [0.5, 0.6) is 0 Å². The summed E-state index contributed by atoms with van der Waals surface area (Å²) in [5.74, 6) is 1.09. The van der Waals surface area contributed by atoms with Gasteiger partial charge in [-0.05, 0) is 54.5 Å². The molecule has 4 nitrogen and oxygen atoms in total. The molecule has 2 aliphatic rings. The van der Waals surface area contributed by atoms with E-state index in [4.69, 9.17) is 26.1 Å². The molecule has 4 rings (SSSR count). The molecule has 0 amide bonds. The van der Waals surface area contributed by atoms with Gasteiger partial charge in [-0.3, -0.25) is 4.99 Å². The quantitative estimate of drug-likeness (QED) is 0.779. The van der Waals surface area contributed by atoms with Gasteiger partial charge in [-0.15, -0.1) is 0 Å². The third kappa shape index (κ3) is 4.09. The van der Waals surface area contributed by atoms with Gasteiger partial charge in [-0.1, -0.05) is 41.9 Å². The van der Waals surface area contributed by atoms with Crippen LogP contribution in [0.2, 0.25) is 5.02 Å². The molecule has 1 saturated heterocycles. The Kier molecular flexibility index (Phi) is 6.00. The predicted molar refractivity (Wildman–Crippen MR) is 114 cm³/mol. The molecule has 2 heterocycles. The molecule has 1 spiro atoms. The summed E-state index contributed by atoms with van der Waals surface area (Å²) in [5, 5.41) is 4.48. The summed E-state index contributed by atoms with van der Waals surface area (Å²) in [5.41, 5.74) is 5.03. The number of nitrogens with zero attached hydrogens (tertiary/aromatic N) is 1. The number of halogens is 1. The third-order valence-corrected chi connectivity index (χ3v) is 6.08. The second kappa shape index (κ2) is 8.64. The molecule has 0 unspecified atom stereocenters. The van der Waals surface area contributed by atoms with E-state index in [9.17, 15) is 0 Å². The fourth-order valence-electron chi connectivity index (χ4n) is 4.27. The fourth-order valence-corrected chi connectivity index (χ4v) is 4.48. The Balaban J connectivity index is 1.67. The maximum atomic E-state index is 6.15. The molecule has 0 bridgehead atoms. The standard InChI is InChI=1S/C23H27ClN2O2/c1-27-11-8-18-5-3-6-19-15-23(9-12-28-13-10-23)22(26-21(18)19)25-16-17-4-2-7-20(24)14-17/h2-7,14H,8-13,15-16H2,1H3,(H,25,26). The van der Waals surface area contributed by atoms with E-state index in [0.29, 0.717) is 13.2 Å². The van der Waals surface area contributed by atoms with Crippen LogP contribution >= 0.6 is 11.6 Å². The molecule has 28 heavy (non-hydrogen) atoms. The first-order valence-corrected chi connectivity index (χ1v) is 10.3. The first-order valence-electron chi connectivity index (χ1n) is 9.94. The van der Waals surface area contributed by atoms with Gasteiger partial charge in [-0.2, -0.15) is 0 Å². The van der Waals surface area contributed by atoms with Crippen molar-refractivity contribution in [3.8, 4) is 0 Å². The number of anilines is 1. The van der Waals surface area contributed by atoms with E-state index >= 15 is 0 Å². The van der Waals surface area contributed by atoms with Crippen molar-refractivity contribution in [3.63, 3.8) is 0 Å².